The van der Waals surface area contributed by atoms with Crippen LogP contribution in [0.15, 0.2) is 174 Å². The Morgan fingerprint density at radius 1 is 0.422 bits per heavy atom. The highest BCUT2D eigenvalue weighted by atomic mass is 16.3. The molecule has 0 bridgehead atoms. The van der Waals surface area contributed by atoms with Crippen LogP contribution in [0.2, 0.25) is 0 Å². The predicted molar refractivity (Wildman–Crippen MR) is 188 cm³/mol. The van der Waals surface area contributed by atoms with Crippen LogP contribution < -0.4 is 4.90 Å². The second kappa shape index (κ2) is 10.3. The third kappa shape index (κ3) is 4.13. The number of rotatable bonds is 5. The van der Waals surface area contributed by atoms with Crippen molar-refractivity contribution in [3.8, 4) is 16.8 Å². The maximum absolute atomic E-state index is 6.35. The standard InChI is InChI=1S/C42H28N2O/c1-2-12-29(13-3-1)33-14-4-8-18-38(33)43(32-26-27-37-36-17-7-11-21-41(36)45-42(37)28-32)30-22-24-31(25-23-30)44-39-19-9-5-15-34(39)35-16-6-10-20-40(35)44/h1-28H. The maximum atomic E-state index is 6.35. The van der Waals surface area contributed by atoms with Crippen molar-refractivity contribution in [1.82, 2.24) is 4.57 Å². The molecule has 0 spiro atoms. The van der Waals surface area contributed by atoms with E-state index in [9.17, 15) is 0 Å². The molecule has 0 saturated carbocycles. The van der Waals surface area contributed by atoms with Crippen LogP contribution in [0.25, 0.3) is 60.6 Å². The van der Waals surface area contributed by atoms with E-state index in [1.165, 1.54) is 27.4 Å². The van der Waals surface area contributed by atoms with Crippen molar-refractivity contribution < 1.29 is 4.42 Å². The van der Waals surface area contributed by atoms with Crippen LogP contribution in [0.4, 0.5) is 17.1 Å². The molecule has 0 fully saturated rings. The van der Waals surface area contributed by atoms with Gasteiger partial charge in [-0.25, -0.2) is 0 Å². The molecule has 9 aromatic rings. The Morgan fingerprint density at radius 3 is 1.76 bits per heavy atom. The summed E-state index contributed by atoms with van der Waals surface area (Å²) in [6.45, 7) is 0. The van der Waals surface area contributed by atoms with Gasteiger partial charge in [-0.2, -0.15) is 0 Å². The van der Waals surface area contributed by atoms with Crippen LogP contribution in [0.5, 0.6) is 0 Å². The summed E-state index contributed by atoms with van der Waals surface area (Å²) in [5, 5.41) is 4.77. The van der Waals surface area contributed by atoms with Crippen LogP contribution in [0.3, 0.4) is 0 Å². The number of hydrogen-bond donors (Lipinski definition) is 0. The van der Waals surface area contributed by atoms with E-state index in [0.717, 1.165) is 50.3 Å². The average Bonchev–Trinajstić information content (AvgIpc) is 3.65. The maximum Gasteiger partial charge on any atom is 0.137 e. The van der Waals surface area contributed by atoms with Crippen molar-refractivity contribution in [1.29, 1.82) is 0 Å². The molecule has 3 nitrogen and oxygen atoms in total. The van der Waals surface area contributed by atoms with Crippen LogP contribution in [-0.2, 0) is 0 Å². The van der Waals surface area contributed by atoms with Crippen molar-refractivity contribution in [3.05, 3.63) is 170 Å². The number of para-hydroxylation sites is 4. The summed E-state index contributed by atoms with van der Waals surface area (Å²) >= 11 is 0. The number of benzene rings is 7. The first kappa shape index (κ1) is 25.4. The minimum atomic E-state index is 0.873. The molecule has 0 radical (unpaired) electrons. The molecule has 0 aliphatic heterocycles. The number of anilines is 3. The fourth-order valence-electron chi connectivity index (χ4n) is 6.76. The smallest absolute Gasteiger partial charge is 0.137 e. The largest absolute Gasteiger partial charge is 0.456 e. The average molecular weight is 577 g/mol. The minimum absolute atomic E-state index is 0.873. The monoisotopic (exact) mass is 576 g/mol. The van der Waals surface area contributed by atoms with Gasteiger partial charge >= 0.3 is 0 Å². The van der Waals surface area contributed by atoms with Gasteiger partial charge in [0.05, 0.1) is 16.7 Å². The van der Waals surface area contributed by atoms with E-state index in [4.69, 9.17) is 4.42 Å². The summed E-state index contributed by atoms with van der Waals surface area (Å²) < 4.78 is 8.71. The molecule has 9 rings (SSSR count). The van der Waals surface area contributed by atoms with E-state index < -0.39 is 0 Å². The quantitative estimate of drug-likeness (QED) is 0.203. The molecule has 0 unspecified atom stereocenters. The van der Waals surface area contributed by atoms with Crippen molar-refractivity contribution in [3.63, 3.8) is 0 Å². The normalized spacial score (nSPS) is 11.6. The number of fused-ring (bicyclic) bond motifs is 6. The molecule has 212 valence electrons. The Balaban J connectivity index is 1.24. The van der Waals surface area contributed by atoms with Gasteiger partial charge in [-0.05, 0) is 66.2 Å². The summed E-state index contributed by atoms with van der Waals surface area (Å²) in [6, 6.07) is 60.2. The highest BCUT2D eigenvalue weighted by molar-refractivity contribution is 6.09. The molecule has 0 amide bonds. The summed E-state index contributed by atoms with van der Waals surface area (Å²) in [6.07, 6.45) is 0. The Bertz CT molecular complexity index is 2430. The van der Waals surface area contributed by atoms with Gasteiger partial charge in [0.1, 0.15) is 11.2 Å². The van der Waals surface area contributed by atoms with Crippen molar-refractivity contribution in [2.24, 2.45) is 0 Å². The molecule has 0 aliphatic carbocycles. The fraction of sp³-hybridized carbons (Fsp3) is 0. The summed E-state index contributed by atoms with van der Waals surface area (Å²) in [4.78, 5) is 2.34. The van der Waals surface area contributed by atoms with Crippen LogP contribution in [0, 0.1) is 0 Å². The van der Waals surface area contributed by atoms with Gasteiger partial charge in [-0.3, -0.25) is 0 Å². The minimum Gasteiger partial charge on any atom is -0.456 e. The van der Waals surface area contributed by atoms with E-state index in [0.29, 0.717) is 0 Å². The Labute approximate surface area is 260 Å². The highest BCUT2D eigenvalue weighted by Gasteiger charge is 2.19. The third-order valence-corrected chi connectivity index (χ3v) is 8.80. The van der Waals surface area contributed by atoms with E-state index in [-0.39, 0.29) is 0 Å². The first-order valence-corrected chi connectivity index (χ1v) is 15.3. The van der Waals surface area contributed by atoms with Crippen LogP contribution in [-0.4, -0.2) is 4.57 Å². The second-order valence-electron chi connectivity index (χ2n) is 11.4. The molecule has 0 atom stereocenters. The van der Waals surface area contributed by atoms with Gasteiger partial charge in [-0.1, -0.05) is 103 Å². The Hall–Kier alpha value is -6.06. The van der Waals surface area contributed by atoms with Gasteiger partial charge in [-0.15, -0.1) is 0 Å². The molecule has 0 aliphatic rings. The van der Waals surface area contributed by atoms with Gasteiger partial charge < -0.3 is 13.9 Å². The zero-order valence-corrected chi connectivity index (χ0v) is 24.5. The summed E-state index contributed by atoms with van der Waals surface area (Å²) in [7, 11) is 0. The molecule has 3 heteroatoms. The zero-order valence-electron chi connectivity index (χ0n) is 24.5. The molecule has 0 saturated heterocycles. The van der Waals surface area contributed by atoms with Crippen LogP contribution >= 0.6 is 0 Å². The Kier molecular flexibility index (Phi) is 5.82. The van der Waals surface area contributed by atoms with Crippen molar-refractivity contribution in [2.45, 2.75) is 0 Å². The van der Waals surface area contributed by atoms with Gasteiger partial charge in [0, 0.05) is 50.2 Å². The van der Waals surface area contributed by atoms with Crippen molar-refractivity contribution >= 4 is 60.8 Å². The number of hydrogen-bond acceptors (Lipinski definition) is 2. The summed E-state index contributed by atoms with van der Waals surface area (Å²) in [5.74, 6) is 0. The first-order valence-electron chi connectivity index (χ1n) is 15.3. The second-order valence-corrected chi connectivity index (χ2v) is 11.4. The van der Waals surface area contributed by atoms with Crippen LogP contribution in [0.1, 0.15) is 0 Å². The molecule has 7 aromatic carbocycles. The number of furan rings is 1. The molecule has 0 N–H and O–H groups in total. The lowest BCUT2D eigenvalue weighted by Crippen LogP contribution is -2.11. The van der Waals surface area contributed by atoms with Gasteiger partial charge in [0.2, 0.25) is 0 Å². The number of nitrogens with zero attached hydrogens (tertiary/aromatic N) is 2. The van der Waals surface area contributed by atoms with E-state index in [2.05, 4.69) is 167 Å². The fourth-order valence-corrected chi connectivity index (χ4v) is 6.76. The molecule has 2 aromatic heterocycles. The topological polar surface area (TPSA) is 21.3 Å². The zero-order chi connectivity index (χ0) is 29.7. The highest BCUT2D eigenvalue weighted by Crippen LogP contribution is 2.43. The first-order chi connectivity index (χ1) is 22.3. The van der Waals surface area contributed by atoms with E-state index in [1.807, 2.05) is 12.1 Å². The molecule has 45 heavy (non-hydrogen) atoms. The third-order valence-electron chi connectivity index (χ3n) is 8.80. The lowest BCUT2D eigenvalue weighted by atomic mass is 10.0. The van der Waals surface area contributed by atoms with E-state index >= 15 is 0 Å². The van der Waals surface area contributed by atoms with Crippen molar-refractivity contribution in [2.75, 3.05) is 4.90 Å². The van der Waals surface area contributed by atoms with Gasteiger partial charge in [0.15, 0.2) is 0 Å². The van der Waals surface area contributed by atoms with E-state index in [1.54, 1.807) is 0 Å². The molecular formula is C42H28N2O. The van der Waals surface area contributed by atoms with Gasteiger partial charge in [0.25, 0.3) is 0 Å². The Morgan fingerprint density at radius 2 is 1.00 bits per heavy atom. The lowest BCUT2D eigenvalue weighted by molar-refractivity contribution is 0.669. The summed E-state index contributed by atoms with van der Waals surface area (Å²) in [5.41, 5.74) is 10.8. The molecule has 2 heterocycles. The molecular weight excluding hydrogens is 548 g/mol. The predicted octanol–water partition coefficient (Wildman–Crippen LogP) is 11.8. The lowest BCUT2D eigenvalue weighted by Gasteiger charge is -2.28. The number of aromatic nitrogens is 1. The SMILES string of the molecule is c1ccc(-c2ccccc2N(c2ccc(-n3c4ccccc4c4ccccc43)cc2)c2ccc3c(c2)oc2ccccc23)cc1.